The molecule has 0 saturated heterocycles. The van der Waals surface area contributed by atoms with Crippen LogP contribution in [0.15, 0.2) is 60.8 Å². The second-order valence-corrected chi connectivity index (χ2v) is 5.91. The number of hydroxylamine groups is 1. The Morgan fingerprint density at radius 2 is 1.85 bits per heavy atom. The molecule has 2 aromatic carbocycles. The fraction of sp³-hybridized carbons (Fsp3) is 0.0526. The molecule has 0 aliphatic carbocycles. The number of amides is 1. The van der Waals surface area contributed by atoms with Crippen LogP contribution < -0.4 is 5.48 Å². The molecule has 0 unspecified atom stereocenters. The Bertz CT molecular complexity index is 888. The number of halogens is 2. The van der Waals surface area contributed by atoms with Crippen molar-refractivity contribution in [1.82, 2.24) is 15.4 Å². The fourth-order valence-electron chi connectivity index (χ4n) is 2.38. The molecular weight excluding hydrogens is 373 g/mol. The summed E-state index contributed by atoms with van der Waals surface area (Å²) in [4.78, 5) is 18.7. The molecule has 3 N–H and O–H groups in total. The van der Waals surface area contributed by atoms with Gasteiger partial charge in [0.1, 0.15) is 5.82 Å². The predicted molar refractivity (Wildman–Crippen MR) is 104 cm³/mol. The van der Waals surface area contributed by atoms with Gasteiger partial charge in [-0.3, -0.25) is 10.0 Å². The Labute approximate surface area is 162 Å². The number of imidazole rings is 1. The third-order valence-corrected chi connectivity index (χ3v) is 3.92. The van der Waals surface area contributed by atoms with Crippen LogP contribution in [0.3, 0.4) is 0 Å². The van der Waals surface area contributed by atoms with Crippen LogP contribution in [0.5, 0.6) is 0 Å². The van der Waals surface area contributed by atoms with Crippen LogP contribution in [0.2, 0.25) is 5.02 Å². The maximum absolute atomic E-state index is 11.0. The van der Waals surface area contributed by atoms with Crippen LogP contribution in [-0.2, 0) is 11.2 Å². The highest BCUT2D eigenvalue weighted by atomic mass is 35.5. The summed E-state index contributed by atoms with van der Waals surface area (Å²) >= 11 is 5.91. The first-order chi connectivity index (χ1) is 12.1. The van der Waals surface area contributed by atoms with Crippen molar-refractivity contribution < 1.29 is 10.0 Å². The number of nitrogens with zero attached hydrogens (tertiary/aromatic N) is 1. The summed E-state index contributed by atoms with van der Waals surface area (Å²) in [5, 5.41) is 9.15. The van der Waals surface area contributed by atoms with Crippen LogP contribution >= 0.6 is 24.0 Å². The van der Waals surface area contributed by atoms with Gasteiger partial charge in [-0.1, -0.05) is 48.0 Å². The highest BCUT2D eigenvalue weighted by Gasteiger charge is 2.04. The van der Waals surface area contributed by atoms with E-state index in [4.69, 9.17) is 16.8 Å². The number of hydrogen-bond donors (Lipinski definition) is 3. The summed E-state index contributed by atoms with van der Waals surface area (Å²) in [6.07, 6.45) is 5.37. The van der Waals surface area contributed by atoms with E-state index in [-0.39, 0.29) is 12.4 Å². The largest absolute Gasteiger partial charge is 0.342 e. The summed E-state index contributed by atoms with van der Waals surface area (Å²) < 4.78 is 0. The molecule has 26 heavy (non-hydrogen) atoms. The van der Waals surface area contributed by atoms with Crippen LogP contribution in [-0.4, -0.2) is 21.1 Å². The predicted octanol–water partition coefficient (Wildman–Crippen LogP) is 4.26. The van der Waals surface area contributed by atoms with E-state index in [2.05, 4.69) is 9.97 Å². The number of aromatic nitrogens is 2. The SMILES string of the molecule is Cl.O=C(/C=C/c1ccc(Cc2ncc(-c3ccc(Cl)cc3)[nH]2)cc1)NO. The molecule has 5 nitrogen and oxygen atoms in total. The average Bonchev–Trinajstić information content (AvgIpc) is 3.10. The van der Waals surface area contributed by atoms with Gasteiger partial charge in [0.15, 0.2) is 0 Å². The van der Waals surface area contributed by atoms with Crippen molar-refractivity contribution >= 4 is 36.0 Å². The van der Waals surface area contributed by atoms with E-state index in [1.807, 2.05) is 54.7 Å². The normalized spacial score (nSPS) is 10.5. The lowest BCUT2D eigenvalue weighted by atomic mass is 10.1. The van der Waals surface area contributed by atoms with Crippen LogP contribution in [0.25, 0.3) is 17.3 Å². The lowest BCUT2D eigenvalue weighted by Gasteiger charge is -2.01. The van der Waals surface area contributed by atoms with Crippen LogP contribution in [0.4, 0.5) is 0 Å². The van der Waals surface area contributed by atoms with E-state index in [0.29, 0.717) is 11.4 Å². The minimum Gasteiger partial charge on any atom is -0.342 e. The molecule has 0 aliphatic rings. The Balaban J connectivity index is 0.00000243. The topological polar surface area (TPSA) is 78.0 Å². The number of carbonyl (C=O) groups is 1. The van der Waals surface area contributed by atoms with Gasteiger partial charge in [0, 0.05) is 17.5 Å². The Morgan fingerprint density at radius 1 is 1.15 bits per heavy atom. The summed E-state index contributed by atoms with van der Waals surface area (Å²) in [6.45, 7) is 0. The Morgan fingerprint density at radius 3 is 2.50 bits per heavy atom. The first kappa shape index (κ1) is 19.7. The van der Waals surface area contributed by atoms with Crippen molar-refractivity contribution in [3.63, 3.8) is 0 Å². The van der Waals surface area contributed by atoms with Gasteiger partial charge in [-0.25, -0.2) is 10.5 Å². The zero-order chi connectivity index (χ0) is 17.6. The molecule has 0 fully saturated rings. The maximum Gasteiger partial charge on any atom is 0.267 e. The van der Waals surface area contributed by atoms with Crippen molar-refractivity contribution in [3.05, 3.63) is 82.8 Å². The molecule has 0 atom stereocenters. The number of aromatic amines is 1. The lowest BCUT2D eigenvalue weighted by Crippen LogP contribution is -2.14. The van der Waals surface area contributed by atoms with Crippen molar-refractivity contribution in [2.75, 3.05) is 0 Å². The van der Waals surface area contributed by atoms with Crippen molar-refractivity contribution in [2.24, 2.45) is 0 Å². The zero-order valence-electron chi connectivity index (χ0n) is 13.6. The number of rotatable bonds is 5. The highest BCUT2D eigenvalue weighted by Crippen LogP contribution is 2.20. The van der Waals surface area contributed by atoms with Crippen molar-refractivity contribution in [3.8, 4) is 11.3 Å². The molecule has 0 spiro atoms. The summed E-state index contributed by atoms with van der Waals surface area (Å²) in [5.41, 5.74) is 5.50. The molecule has 0 bridgehead atoms. The maximum atomic E-state index is 11.0. The first-order valence-electron chi connectivity index (χ1n) is 7.65. The van der Waals surface area contributed by atoms with E-state index in [0.717, 1.165) is 28.2 Å². The van der Waals surface area contributed by atoms with Gasteiger partial charge < -0.3 is 4.98 Å². The third-order valence-electron chi connectivity index (χ3n) is 3.67. The standard InChI is InChI=1S/C19H16ClN3O2.ClH/c20-16-8-6-15(7-9-16)17-12-21-18(22-17)11-14-3-1-13(2-4-14)5-10-19(24)23-25;/h1-10,12,25H,11H2,(H,21,22)(H,23,24);1H/b10-5+;. The van der Waals surface area contributed by atoms with Crippen LogP contribution in [0.1, 0.15) is 17.0 Å². The smallest absolute Gasteiger partial charge is 0.267 e. The van der Waals surface area contributed by atoms with E-state index < -0.39 is 5.91 Å². The van der Waals surface area contributed by atoms with Gasteiger partial charge >= 0.3 is 0 Å². The van der Waals surface area contributed by atoms with Gasteiger partial charge in [0.25, 0.3) is 5.91 Å². The molecule has 1 amide bonds. The number of carbonyl (C=O) groups excluding carboxylic acids is 1. The fourth-order valence-corrected chi connectivity index (χ4v) is 2.50. The lowest BCUT2D eigenvalue weighted by molar-refractivity contribution is -0.124. The van der Waals surface area contributed by atoms with Gasteiger partial charge in [0.2, 0.25) is 0 Å². The summed E-state index contributed by atoms with van der Waals surface area (Å²) in [6, 6.07) is 15.3. The van der Waals surface area contributed by atoms with E-state index in [1.165, 1.54) is 6.08 Å². The molecular formula is C19H17Cl2N3O2. The second-order valence-electron chi connectivity index (χ2n) is 5.48. The second kappa shape index (κ2) is 9.20. The van der Waals surface area contributed by atoms with Gasteiger partial charge in [-0.05, 0) is 34.9 Å². The number of hydrogen-bond acceptors (Lipinski definition) is 3. The van der Waals surface area contributed by atoms with Gasteiger partial charge in [-0.2, -0.15) is 0 Å². The molecule has 1 aromatic heterocycles. The first-order valence-corrected chi connectivity index (χ1v) is 8.03. The quantitative estimate of drug-likeness (QED) is 0.346. The number of nitrogens with one attached hydrogen (secondary N) is 2. The Kier molecular flexibility index (Phi) is 6.97. The van der Waals surface area contributed by atoms with Crippen molar-refractivity contribution in [1.29, 1.82) is 0 Å². The monoisotopic (exact) mass is 389 g/mol. The summed E-state index contributed by atoms with van der Waals surface area (Å²) in [5.74, 6) is 0.308. The zero-order valence-corrected chi connectivity index (χ0v) is 15.2. The number of benzene rings is 2. The number of H-pyrrole nitrogens is 1. The van der Waals surface area contributed by atoms with Crippen molar-refractivity contribution in [2.45, 2.75) is 6.42 Å². The molecule has 7 heteroatoms. The van der Waals surface area contributed by atoms with E-state index in [1.54, 1.807) is 11.6 Å². The summed E-state index contributed by atoms with van der Waals surface area (Å²) in [7, 11) is 0. The molecule has 0 saturated carbocycles. The molecule has 134 valence electrons. The molecule has 0 radical (unpaired) electrons. The van der Waals surface area contributed by atoms with Gasteiger partial charge in [-0.15, -0.1) is 12.4 Å². The highest BCUT2D eigenvalue weighted by molar-refractivity contribution is 6.30. The average molecular weight is 390 g/mol. The molecule has 3 rings (SSSR count). The minimum absolute atomic E-state index is 0. The van der Waals surface area contributed by atoms with Crippen LogP contribution in [0, 0.1) is 0 Å². The molecule has 1 heterocycles. The van der Waals surface area contributed by atoms with E-state index in [9.17, 15) is 4.79 Å². The third kappa shape index (κ3) is 5.20. The molecule has 3 aromatic rings. The Hall–Kier alpha value is -2.60. The molecule has 0 aliphatic heterocycles. The minimum atomic E-state index is -0.561. The van der Waals surface area contributed by atoms with Gasteiger partial charge in [0.05, 0.1) is 11.9 Å². The van der Waals surface area contributed by atoms with E-state index >= 15 is 0 Å².